The molecule has 0 radical (unpaired) electrons. The van der Waals surface area contributed by atoms with Gasteiger partial charge in [-0.3, -0.25) is 0 Å². The van der Waals surface area contributed by atoms with E-state index in [0.29, 0.717) is 5.82 Å². The van der Waals surface area contributed by atoms with Crippen molar-refractivity contribution in [1.82, 2.24) is 4.98 Å². The first-order chi connectivity index (χ1) is 10.0. The quantitative estimate of drug-likeness (QED) is 0.846. The van der Waals surface area contributed by atoms with E-state index in [-0.39, 0.29) is 23.1 Å². The largest absolute Gasteiger partial charge is 0.465 e. The van der Waals surface area contributed by atoms with Gasteiger partial charge in [-0.1, -0.05) is 12.1 Å². The highest BCUT2D eigenvalue weighted by atomic mass is 19.1. The van der Waals surface area contributed by atoms with Gasteiger partial charge in [-0.15, -0.1) is 0 Å². The van der Waals surface area contributed by atoms with Crippen LogP contribution in [0.5, 0.6) is 0 Å². The predicted molar refractivity (Wildman–Crippen MR) is 78.4 cm³/mol. The van der Waals surface area contributed by atoms with Crippen molar-refractivity contribution in [2.75, 3.05) is 18.2 Å². The molecule has 1 aromatic heterocycles. The fourth-order valence-electron chi connectivity index (χ4n) is 1.92. The molecule has 0 aliphatic carbocycles. The number of pyridine rings is 1. The maximum atomic E-state index is 12.9. The highest BCUT2D eigenvalue weighted by Gasteiger charge is 2.15. The van der Waals surface area contributed by atoms with Crippen LogP contribution in [0, 0.1) is 5.82 Å². The molecule has 1 heterocycles. The molecule has 2 aromatic rings. The number of nitrogens with two attached hydrogens (primary N) is 1. The summed E-state index contributed by atoms with van der Waals surface area (Å²) in [5.74, 6) is -0.432. The van der Waals surface area contributed by atoms with Gasteiger partial charge in [-0.05, 0) is 30.7 Å². The van der Waals surface area contributed by atoms with E-state index in [2.05, 4.69) is 15.0 Å². The molecule has 1 aromatic carbocycles. The Bertz CT molecular complexity index is 644. The Balaban J connectivity index is 2.23. The molecular formula is C15H16FN3O2. The number of esters is 1. The molecule has 21 heavy (non-hydrogen) atoms. The van der Waals surface area contributed by atoms with Gasteiger partial charge in [-0.2, -0.15) is 0 Å². The lowest BCUT2D eigenvalue weighted by atomic mass is 10.1. The number of halogens is 1. The van der Waals surface area contributed by atoms with Crippen molar-refractivity contribution >= 4 is 17.5 Å². The molecular weight excluding hydrogens is 273 g/mol. The third-order valence-corrected chi connectivity index (χ3v) is 3.12. The van der Waals surface area contributed by atoms with Crippen LogP contribution in [-0.4, -0.2) is 18.1 Å². The molecule has 0 spiro atoms. The molecule has 2 rings (SSSR count). The molecule has 1 unspecified atom stereocenters. The fourth-order valence-corrected chi connectivity index (χ4v) is 1.92. The van der Waals surface area contributed by atoms with E-state index < -0.39 is 5.97 Å². The van der Waals surface area contributed by atoms with Crippen molar-refractivity contribution in [3.8, 4) is 0 Å². The Labute approximate surface area is 121 Å². The van der Waals surface area contributed by atoms with Crippen molar-refractivity contribution in [3.05, 3.63) is 53.5 Å². The molecule has 0 aliphatic rings. The molecule has 5 nitrogen and oxygen atoms in total. The number of benzene rings is 1. The number of anilines is 2. The van der Waals surface area contributed by atoms with Crippen LogP contribution in [0.15, 0.2) is 36.5 Å². The number of methoxy groups -OCH3 is 1. The lowest BCUT2D eigenvalue weighted by Gasteiger charge is -2.17. The third kappa shape index (κ3) is 3.28. The van der Waals surface area contributed by atoms with Crippen LogP contribution >= 0.6 is 0 Å². The summed E-state index contributed by atoms with van der Waals surface area (Å²) in [6.07, 6.45) is 1.47. The predicted octanol–water partition coefficient (Wildman–Crippen LogP) is 2.76. The highest BCUT2D eigenvalue weighted by molar-refractivity contribution is 5.97. The minimum Gasteiger partial charge on any atom is -0.465 e. The first-order valence-corrected chi connectivity index (χ1v) is 6.37. The number of aromatic nitrogens is 1. The maximum Gasteiger partial charge on any atom is 0.340 e. The second-order valence-electron chi connectivity index (χ2n) is 4.53. The average Bonchev–Trinajstić information content (AvgIpc) is 2.49. The van der Waals surface area contributed by atoms with E-state index >= 15 is 0 Å². The summed E-state index contributed by atoms with van der Waals surface area (Å²) in [7, 11) is 1.29. The van der Waals surface area contributed by atoms with Crippen LogP contribution in [0.25, 0.3) is 0 Å². The minimum absolute atomic E-state index is 0.145. The molecule has 0 saturated carbocycles. The van der Waals surface area contributed by atoms with Crippen LogP contribution in [0.2, 0.25) is 0 Å². The van der Waals surface area contributed by atoms with Crippen LogP contribution in [-0.2, 0) is 4.74 Å². The third-order valence-electron chi connectivity index (χ3n) is 3.12. The summed E-state index contributed by atoms with van der Waals surface area (Å²) in [5, 5.41) is 3.10. The Morgan fingerprint density at radius 2 is 2.00 bits per heavy atom. The van der Waals surface area contributed by atoms with E-state index in [1.807, 2.05) is 6.92 Å². The number of hydrogen-bond donors (Lipinski definition) is 2. The van der Waals surface area contributed by atoms with E-state index in [9.17, 15) is 9.18 Å². The number of nitrogens with zero attached hydrogens (tertiary/aromatic N) is 1. The summed E-state index contributed by atoms with van der Waals surface area (Å²) in [5.41, 5.74) is 7.27. The summed E-state index contributed by atoms with van der Waals surface area (Å²) < 4.78 is 17.6. The maximum absolute atomic E-state index is 12.9. The van der Waals surface area contributed by atoms with E-state index in [1.165, 1.54) is 31.5 Å². The zero-order valence-corrected chi connectivity index (χ0v) is 11.8. The Kier molecular flexibility index (Phi) is 4.37. The van der Waals surface area contributed by atoms with Gasteiger partial charge in [0, 0.05) is 6.20 Å². The molecule has 6 heteroatoms. The van der Waals surface area contributed by atoms with Gasteiger partial charge < -0.3 is 15.8 Å². The topological polar surface area (TPSA) is 77.2 Å². The Hall–Kier alpha value is -2.63. The molecule has 0 fully saturated rings. The molecule has 0 aliphatic heterocycles. The second-order valence-corrected chi connectivity index (χ2v) is 4.53. The highest BCUT2D eigenvalue weighted by Crippen LogP contribution is 2.25. The lowest BCUT2D eigenvalue weighted by Crippen LogP contribution is -2.13. The normalized spacial score (nSPS) is 11.8. The number of nitrogen functional groups attached to an aromatic ring is 1. The fraction of sp³-hybridized carbons (Fsp3) is 0.200. The van der Waals surface area contributed by atoms with Crippen molar-refractivity contribution in [3.63, 3.8) is 0 Å². The smallest absolute Gasteiger partial charge is 0.340 e. The lowest BCUT2D eigenvalue weighted by molar-refractivity contribution is 0.0602. The van der Waals surface area contributed by atoms with Crippen LogP contribution in [0.1, 0.15) is 28.9 Å². The van der Waals surface area contributed by atoms with Gasteiger partial charge >= 0.3 is 5.97 Å². The van der Waals surface area contributed by atoms with Gasteiger partial charge in [0.1, 0.15) is 5.82 Å². The number of nitrogens with one attached hydrogen (secondary N) is 1. The van der Waals surface area contributed by atoms with E-state index in [1.54, 1.807) is 12.1 Å². The Morgan fingerprint density at radius 3 is 2.62 bits per heavy atom. The number of carbonyl (C=O) groups excluding carboxylic acids is 1. The second kappa shape index (κ2) is 6.21. The minimum atomic E-state index is -0.521. The number of hydrogen-bond acceptors (Lipinski definition) is 5. The SMILES string of the molecule is COC(=O)c1ccnc(NC(C)c2ccc(F)cc2)c1N. The van der Waals surface area contributed by atoms with Crippen molar-refractivity contribution in [2.24, 2.45) is 0 Å². The van der Waals surface area contributed by atoms with Crippen molar-refractivity contribution < 1.29 is 13.9 Å². The number of rotatable bonds is 4. The van der Waals surface area contributed by atoms with Crippen LogP contribution < -0.4 is 11.1 Å². The molecule has 3 N–H and O–H groups in total. The molecule has 110 valence electrons. The summed E-state index contributed by atoms with van der Waals surface area (Å²) in [4.78, 5) is 15.7. The van der Waals surface area contributed by atoms with Gasteiger partial charge in [0.2, 0.25) is 0 Å². The molecule has 0 bridgehead atoms. The van der Waals surface area contributed by atoms with Crippen LogP contribution in [0.4, 0.5) is 15.9 Å². The van der Waals surface area contributed by atoms with Gasteiger partial charge in [0.05, 0.1) is 24.4 Å². The first-order valence-electron chi connectivity index (χ1n) is 6.37. The van der Waals surface area contributed by atoms with Crippen molar-refractivity contribution in [1.29, 1.82) is 0 Å². The molecule has 0 amide bonds. The Morgan fingerprint density at radius 1 is 1.33 bits per heavy atom. The van der Waals surface area contributed by atoms with Crippen molar-refractivity contribution in [2.45, 2.75) is 13.0 Å². The van der Waals surface area contributed by atoms with E-state index in [4.69, 9.17) is 5.73 Å². The van der Waals surface area contributed by atoms with Gasteiger partial charge in [0.25, 0.3) is 0 Å². The molecule has 0 saturated heterocycles. The standard InChI is InChI=1S/C15H16FN3O2/c1-9(10-3-5-11(16)6-4-10)19-14-13(17)12(7-8-18-14)15(20)21-2/h3-9H,17H2,1-2H3,(H,18,19). The summed E-state index contributed by atoms with van der Waals surface area (Å²) in [6.45, 7) is 1.89. The summed E-state index contributed by atoms with van der Waals surface area (Å²) in [6, 6.07) is 7.47. The van der Waals surface area contributed by atoms with Gasteiger partial charge in [0.15, 0.2) is 5.82 Å². The zero-order chi connectivity index (χ0) is 15.4. The molecule has 1 atom stereocenters. The average molecular weight is 289 g/mol. The number of carbonyl (C=O) groups is 1. The van der Waals surface area contributed by atoms with Gasteiger partial charge in [-0.25, -0.2) is 14.2 Å². The van der Waals surface area contributed by atoms with E-state index in [0.717, 1.165) is 5.56 Å². The monoisotopic (exact) mass is 289 g/mol. The van der Waals surface area contributed by atoms with Crippen LogP contribution in [0.3, 0.4) is 0 Å². The summed E-state index contributed by atoms with van der Waals surface area (Å²) >= 11 is 0. The zero-order valence-electron chi connectivity index (χ0n) is 11.8. The first kappa shape index (κ1) is 14.8. The number of ether oxygens (including phenoxy) is 1.